The molecule has 6 rings (SSSR count). The number of hydrogen-bond acceptors (Lipinski definition) is 7. The van der Waals surface area contributed by atoms with Crippen LogP contribution in [0.3, 0.4) is 0 Å². The first-order valence-corrected chi connectivity index (χ1v) is 15.6. The molecule has 0 aromatic carbocycles. The van der Waals surface area contributed by atoms with Crippen molar-refractivity contribution in [3.63, 3.8) is 0 Å². The highest BCUT2D eigenvalue weighted by Gasteiger charge is 2.36. The Labute approximate surface area is 262 Å². The lowest BCUT2D eigenvalue weighted by atomic mass is 9.84. The highest BCUT2D eigenvalue weighted by atomic mass is 16.5. The van der Waals surface area contributed by atoms with E-state index in [2.05, 4.69) is 36.8 Å². The molecule has 9 heteroatoms. The summed E-state index contributed by atoms with van der Waals surface area (Å²) in [5, 5.41) is 0. The summed E-state index contributed by atoms with van der Waals surface area (Å²) < 4.78 is 10.8. The van der Waals surface area contributed by atoms with E-state index in [9.17, 15) is 14.4 Å². The van der Waals surface area contributed by atoms with Gasteiger partial charge in [-0.05, 0) is 62.9 Å². The molecule has 0 radical (unpaired) electrons. The number of nitrogens with zero attached hydrogens (tertiary/aromatic N) is 2. The number of aromatic nitrogens is 4. The second kappa shape index (κ2) is 11.4. The number of carbonyl (C=O) groups excluding carboxylic acids is 3. The Morgan fingerprint density at radius 1 is 0.933 bits per heavy atom. The highest BCUT2D eigenvalue weighted by molar-refractivity contribution is 6.27. The van der Waals surface area contributed by atoms with Gasteiger partial charge in [-0.3, -0.25) is 19.4 Å². The fourth-order valence-corrected chi connectivity index (χ4v) is 7.45. The summed E-state index contributed by atoms with van der Waals surface area (Å²) in [5.41, 5.74) is 9.97. The molecular formula is C36H40N4O5. The van der Waals surface area contributed by atoms with Crippen LogP contribution in [-0.2, 0) is 19.1 Å². The van der Waals surface area contributed by atoms with Crippen LogP contribution >= 0.6 is 0 Å². The molecule has 0 saturated heterocycles. The van der Waals surface area contributed by atoms with E-state index in [1.807, 2.05) is 26.0 Å². The number of ether oxygens (including phenoxy) is 2. The molecule has 0 saturated carbocycles. The summed E-state index contributed by atoms with van der Waals surface area (Å²) in [6.07, 6.45) is 3.15. The molecule has 2 aromatic rings. The molecule has 4 aliphatic rings. The van der Waals surface area contributed by atoms with Gasteiger partial charge in [0.05, 0.1) is 47.9 Å². The largest absolute Gasteiger partial charge is 0.496 e. The van der Waals surface area contributed by atoms with Gasteiger partial charge in [0.1, 0.15) is 5.76 Å². The van der Waals surface area contributed by atoms with Gasteiger partial charge in [0.25, 0.3) is 0 Å². The number of hydrogen-bond donors (Lipinski definition) is 2. The monoisotopic (exact) mass is 608 g/mol. The van der Waals surface area contributed by atoms with E-state index in [1.165, 1.54) is 13.2 Å². The number of ketones is 2. The minimum atomic E-state index is -0.298. The number of methoxy groups -OCH3 is 2. The van der Waals surface area contributed by atoms with Crippen LogP contribution in [0.25, 0.3) is 27.9 Å². The zero-order valence-corrected chi connectivity index (χ0v) is 27.2. The third-order valence-corrected chi connectivity index (χ3v) is 10.0. The van der Waals surface area contributed by atoms with Crippen molar-refractivity contribution in [2.24, 2.45) is 0 Å². The Morgan fingerprint density at radius 2 is 1.69 bits per heavy atom. The Kier molecular flexibility index (Phi) is 7.75. The van der Waals surface area contributed by atoms with Gasteiger partial charge in [-0.15, -0.1) is 0 Å². The number of allylic oxidation sites excluding steroid dienone is 3. The smallest absolute Gasteiger partial charge is 0.305 e. The van der Waals surface area contributed by atoms with Crippen molar-refractivity contribution in [2.45, 2.75) is 84.5 Å². The second-order valence-electron chi connectivity index (χ2n) is 12.5. The second-order valence-corrected chi connectivity index (χ2v) is 12.5. The zero-order valence-electron chi connectivity index (χ0n) is 27.2. The Morgan fingerprint density at radius 3 is 2.36 bits per heavy atom. The van der Waals surface area contributed by atoms with E-state index in [0.717, 1.165) is 51.4 Å². The van der Waals surface area contributed by atoms with Crippen LogP contribution in [0.2, 0.25) is 0 Å². The lowest BCUT2D eigenvalue weighted by molar-refractivity contribution is -0.140. The molecule has 2 N–H and O–H groups in total. The summed E-state index contributed by atoms with van der Waals surface area (Å²) in [6, 6.07) is 6.07. The lowest BCUT2D eigenvalue weighted by Crippen LogP contribution is -2.12. The predicted molar refractivity (Wildman–Crippen MR) is 173 cm³/mol. The minimum absolute atomic E-state index is 0.0402. The van der Waals surface area contributed by atoms with Crippen LogP contribution in [0.1, 0.15) is 133 Å². The summed E-state index contributed by atoms with van der Waals surface area (Å²) in [6.45, 7) is 11.9. The molecule has 8 bridgehead atoms. The number of aromatic amines is 2. The quantitative estimate of drug-likeness (QED) is 0.332. The van der Waals surface area contributed by atoms with E-state index in [0.29, 0.717) is 40.2 Å². The fourth-order valence-electron chi connectivity index (χ4n) is 7.45. The molecule has 45 heavy (non-hydrogen) atoms. The summed E-state index contributed by atoms with van der Waals surface area (Å²) in [5.74, 6) is 0.0810. The molecule has 5 heterocycles. The number of carbonyl (C=O) groups is 3. The van der Waals surface area contributed by atoms with Crippen LogP contribution in [0.15, 0.2) is 24.3 Å². The first kappa shape index (κ1) is 30.5. The average Bonchev–Trinajstić information content (AvgIpc) is 3.69. The van der Waals surface area contributed by atoms with Crippen molar-refractivity contribution < 1.29 is 23.9 Å². The summed E-state index contributed by atoms with van der Waals surface area (Å²) in [7, 11) is 2.94. The molecular weight excluding hydrogens is 568 g/mol. The van der Waals surface area contributed by atoms with E-state index < -0.39 is 0 Å². The number of H-pyrrole nitrogens is 2. The van der Waals surface area contributed by atoms with Gasteiger partial charge < -0.3 is 19.4 Å². The van der Waals surface area contributed by atoms with Crippen LogP contribution in [0.4, 0.5) is 0 Å². The average molecular weight is 609 g/mol. The maximum absolute atomic E-state index is 13.5. The van der Waals surface area contributed by atoms with E-state index >= 15 is 0 Å². The third kappa shape index (κ3) is 4.89. The molecule has 3 aliphatic heterocycles. The van der Waals surface area contributed by atoms with Crippen molar-refractivity contribution in [1.29, 1.82) is 0 Å². The van der Waals surface area contributed by atoms with Crippen molar-refractivity contribution in [3.05, 3.63) is 75.1 Å². The first-order valence-electron chi connectivity index (χ1n) is 15.6. The maximum atomic E-state index is 13.5. The number of Topliss-reactive ketones (excluding diaryl/α,β-unsaturated/α-hetero) is 1. The lowest BCUT2D eigenvalue weighted by Gasteiger charge is -2.20. The molecule has 2 aromatic heterocycles. The van der Waals surface area contributed by atoms with Crippen LogP contribution in [0.5, 0.6) is 0 Å². The van der Waals surface area contributed by atoms with Gasteiger partial charge in [-0.1, -0.05) is 20.8 Å². The predicted octanol–water partition coefficient (Wildman–Crippen LogP) is 7.19. The number of esters is 1. The summed E-state index contributed by atoms with van der Waals surface area (Å²) >= 11 is 0. The zero-order chi connectivity index (χ0) is 32.3. The Balaban J connectivity index is 1.77. The van der Waals surface area contributed by atoms with Crippen molar-refractivity contribution in [2.75, 3.05) is 14.2 Å². The van der Waals surface area contributed by atoms with Gasteiger partial charge in [-0.2, -0.15) is 0 Å². The van der Waals surface area contributed by atoms with Gasteiger partial charge in [-0.25, -0.2) is 4.98 Å². The minimum Gasteiger partial charge on any atom is -0.496 e. The maximum Gasteiger partial charge on any atom is 0.305 e. The molecule has 234 valence electrons. The van der Waals surface area contributed by atoms with Gasteiger partial charge in [0.2, 0.25) is 0 Å². The van der Waals surface area contributed by atoms with E-state index in [-0.39, 0.29) is 47.6 Å². The van der Waals surface area contributed by atoms with Gasteiger partial charge in [0, 0.05) is 64.3 Å². The summed E-state index contributed by atoms with van der Waals surface area (Å²) in [4.78, 5) is 56.2. The van der Waals surface area contributed by atoms with Crippen LogP contribution in [0, 0.1) is 6.92 Å². The standard InChI is InChI=1S/C36H40N4O5/c1-9-21-16(2)23-14-28-32(20(6)41)18(4)25(38-28)12-24-17(3)22(10-11-31(43)45-8)35(39-24)34-30(44-7)15-29(42)33-19(5)26(40-36(33)34)13-27(21)37-23/h12-17,21-22,37,40H,9-11H2,1-8H3/t16-,17+,21-,22+/m1/s1. The molecule has 1 aliphatic carbocycles. The normalized spacial score (nSPS) is 21.4. The molecule has 0 amide bonds. The molecule has 0 unspecified atom stereocenters. The topological polar surface area (TPSA) is 127 Å². The molecule has 4 atom stereocenters. The number of rotatable bonds is 6. The van der Waals surface area contributed by atoms with Crippen LogP contribution < -0.4 is 0 Å². The van der Waals surface area contributed by atoms with Gasteiger partial charge in [0.15, 0.2) is 11.6 Å². The fraction of sp³-hybridized carbons (Fsp3) is 0.417. The Bertz CT molecular complexity index is 1910. The molecule has 0 spiro atoms. The molecule has 0 fully saturated rings. The number of nitrogens with one attached hydrogen (secondary N) is 2. The van der Waals surface area contributed by atoms with Crippen molar-refractivity contribution >= 4 is 45.5 Å². The van der Waals surface area contributed by atoms with Crippen LogP contribution in [-0.4, -0.2) is 51.7 Å². The first-order chi connectivity index (χ1) is 21.5. The number of aryl methyl sites for hydroxylation is 1. The number of fused-ring (bicyclic) bond motifs is 8. The molecule has 9 nitrogen and oxygen atoms in total. The SMILES string of the molecule is CC[C@H]1c2cc3[nH]c4c(c5nc(cc6nc(cc([nH]2)[C@@H]1C)C(C(C)=O)=C6C)[C@@H](C)[C@@H]5CCC(=O)OC)C(OC)=CC(=O)c4c3C. The van der Waals surface area contributed by atoms with E-state index in [4.69, 9.17) is 19.4 Å². The van der Waals surface area contributed by atoms with Crippen molar-refractivity contribution in [1.82, 2.24) is 19.9 Å². The van der Waals surface area contributed by atoms with E-state index in [1.54, 1.807) is 14.0 Å². The van der Waals surface area contributed by atoms with Crippen molar-refractivity contribution in [3.8, 4) is 0 Å². The van der Waals surface area contributed by atoms with Gasteiger partial charge >= 0.3 is 5.97 Å². The Hall–Kier alpha value is -4.53. The third-order valence-electron chi connectivity index (χ3n) is 10.0. The highest BCUT2D eigenvalue weighted by Crippen LogP contribution is 2.46.